The summed E-state index contributed by atoms with van der Waals surface area (Å²) in [6.45, 7) is -0.513. The highest BCUT2D eigenvalue weighted by molar-refractivity contribution is 5.76. The summed E-state index contributed by atoms with van der Waals surface area (Å²) in [7, 11) is 0. The topological polar surface area (TPSA) is 44.4 Å². The fourth-order valence-electron chi connectivity index (χ4n) is 4.21. The van der Waals surface area contributed by atoms with Crippen molar-refractivity contribution in [2.45, 2.75) is 43.6 Å². The number of amides is 2. The van der Waals surface area contributed by atoms with Crippen LogP contribution in [0, 0.1) is 5.82 Å². The summed E-state index contributed by atoms with van der Waals surface area (Å²) in [5.41, 5.74) is 2.97. The molecule has 1 aliphatic carbocycles. The first-order chi connectivity index (χ1) is 14.3. The quantitative estimate of drug-likeness (QED) is 0.728. The summed E-state index contributed by atoms with van der Waals surface area (Å²) in [5.74, 6) is -0.342. The smallest absolute Gasteiger partial charge is 0.335 e. The normalized spacial score (nSPS) is 23.5. The van der Waals surface area contributed by atoms with Crippen LogP contribution in [0.4, 0.5) is 22.4 Å². The molecule has 1 fully saturated rings. The molecule has 1 heterocycles. The number of alkyl halides is 3. The second-order valence-corrected chi connectivity index (χ2v) is 7.91. The summed E-state index contributed by atoms with van der Waals surface area (Å²) in [5, 5.41) is 5.42. The summed E-state index contributed by atoms with van der Waals surface area (Å²) < 4.78 is 50.4. The Balaban J connectivity index is 1.45. The van der Waals surface area contributed by atoms with Crippen LogP contribution in [0.3, 0.4) is 0 Å². The maximum Gasteiger partial charge on any atom is 0.401 e. The number of fused-ring (bicyclic) bond motifs is 1. The van der Waals surface area contributed by atoms with Crippen LogP contribution < -0.4 is 10.6 Å². The van der Waals surface area contributed by atoms with Gasteiger partial charge >= 0.3 is 12.2 Å². The van der Waals surface area contributed by atoms with E-state index >= 15 is 0 Å². The van der Waals surface area contributed by atoms with Crippen molar-refractivity contribution in [2.24, 2.45) is 0 Å². The summed E-state index contributed by atoms with van der Waals surface area (Å²) in [6.07, 6.45) is -2.60. The van der Waals surface area contributed by atoms with Crippen molar-refractivity contribution in [3.8, 4) is 0 Å². The molecular formula is C22H23F4N3O. The van der Waals surface area contributed by atoms with E-state index in [4.69, 9.17) is 0 Å². The lowest BCUT2D eigenvalue weighted by Crippen LogP contribution is -2.57. The molecule has 160 valence electrons. The van der Waals surface area contributed by atoms with Gasteiger partial charge in [0.25, 0.3) is 0 Å². The average molecular weight is 421 g/mol. The van der Waals surface area contributed by atoms with Gasteiger partial charge in [0.15, 0.2) is 0 Å². The second kappa shape index (κ2) is 8.26. The van der Waals surface area contributed by atoms with E-state index in [1.807, 2.05) is 24.3 Å². The van der Waals surface area contributed by atoms with Crippen molar-refractivity contribution in [2.75, 3.05) is 13.1 Å². The van der Waals surface area contributed by atoms with Gasteiger partial charge in [-0.25, -0.2) is 9.18 Å². The number of hydrogen-bond donors (Lipinski definition) is 2. The predicted octanol–water partition coefficient (Wildman–Crippen LogP) is 4.17. The van der Waals surface area contributed by atoms with E-state index in [1.165, 1.54) is 12.1 Å². The highest BCUT2D eigenvalue weighted by Gasteiger charge is 2.37. The maximum absolute atomic E-state index is 13.4. The second-order valence-electron chi connectivity index (χ2n) is 7.91. The largest absolute Gasteiger partial charge is 0.401 e. The molecule has 4 rings (SSSR count). The van der Waals surface area contributed by atoms with Crippen molar-refractivity contribution >= 4 is 6.03 Å². The molecule has 2 aromatic carbocycles. The first-order valence-electron chi connectivity index (χ1n) is 10.0. The summed E-state index contributed by atoms with van der Waals surface area (Å²) in [6, 6.07) is 13.0. The number of carbonyl (C=O) groups excluding carboxylic acids is 1. The number of benzene rings is 2. The Labute approximate surface area is 172 Å². The van der Waals surface area contributed by atoms with Crippen LogP contribution in [0.5, 0.6) is 0 Å². The Morgan fingerprint density at radius 1 is 1.03 bits per heavy atom. The van der Waals surface area contributed by atoms with Crippen LogP contribution in [0.25, 0.3) is 0 Å². The number of nitrogens with one attached hydrogen (secondary N) is 2. The maximum atomic E-state index is 13.4. The predicted molar refractivity (Wildman–Crippen MR) is 104 cm³/mol. The molecule has 1 atom stereocenters. The fraction of sp³-hybridized carbons (Fsp3) is 0.409. The molecule has 0 saturated heterocycles. The van der Waals surface area contributed by atoms with E-state index < -0.39 is 12.7 Å². The minimum absolute atomic E-state index is 0.158. The van der Waals surface area contributed by atoms with Gasteiger partial charge in [-0.05, 0) is 48.1 Å². The Bertz CT molecular complexity index is 894. The van der Waals surface area contributed by atoms with Gasteiger partial charge in [-0.3, -0.25) is 0 Å². The third-order valence-electron chi connectivity index (χ3n) is 5.79. The molecule has 0 unspecified atom stereocenters. The van der Waals surface area contributed by atoms with Gasteiger partial charge in [0.1, 0.15) is 5.82 Å². The number of urea groups is 1. The number of hydrogen-bond acceptors (Lipinski definition) is 2. The first kappa shape index (κ1) is 20.7. The zero-order chi connectivity index (χ0) is 21.3. The van der Waals surface area contributed by atoms with Gasteiger partial charge in [0, 0.05) is 18.6 Å². The van der Waals surface area contributed by atoms with E-state index in [9.17, 15) is 22.4 Å². The molecule has 0 aromatic heterocycles. The number of halogens is 4. The van der Waals surface area contributed by atoms with Crippen molar-refractivity contribution in [3.63, 3.8) is 0 Å². The Morgan fingerprint density at radius 2 is 1.73 bits per heavy atom. The van der Waals surface area contributed by atoms with E-state index in [-0.39, 0.29) is 30.0 Å². The SMILES string of the molecule is O=C(NC1CC(NCC(F)(F)F)C1)N1CCc2ccccc2[C@@H]1c1ccc(F)cc1. The fourth-order valence-corrected chi connectivity index (χ4v) is 4.21. The van der Waals surface area contributed by atoms with Gasteiger partial charge in [-0.15, -0.1) is 0 Å². The molecule has 8 heteroatoms. The molecule has 2 aliphatic rings. The highest BCUT2D eigenvalue weighted by Crippen LogP contribution is 2.35. The summed E-state index contributed by atoms with van der Waals surface area (Å²) in [4.78, 5) is 14.8. The monoisotopic (exact) mass is 421 g/mol. The molecule has 4 nitrogen and oxygen atoms in total. The molecule has 30 heavy (non-hydrogen) atoms. The molecule has 1 saturated carbocycles. The Morgan fingerprint density at radius 3 is 2.43 bits per heavy atom. The minimum Gasteiger partial charge on any atom is -0.335 e. The first-order valence-corrected chi connectivity index (χ1v) is 10.0. The van der Waals surface area contributed by atoms with E-state index in [1.54, 1.807) is 17.0 Å². The van der Waals surface area contributed by atoms with Crippen LogP contribution in [0.15, 0.2) is 48.5 Å². The van der Waals surface area contributed by atoms with Crippen molar-refractivity contribution < 1.29 is 22.4 Å². The van der Waals surface area contributed by atoms with Crippen LogP contribution in [0.2, 0.25) is 0 Å². The lowest BCUT2D eigenvalue weighted by Gasteiger charge is -2.41. The van der Waals surface area contributed by atoms with Crippen LogP contribution >= 0.6 is 0 Å². The van der Waals surface area contributed by atoms with Crippen LogP contribution in [-0.2, 0) is 6.42 Å². The van der Waals surface area contributed by atoms with Crippen molar-refractivity contribution in [1.29, 1.82) is 0 Å². The van der Waals surface area contributed by atoms with Gasteiger partial charge in [-0.2, -0.15) is 13.2 Å². The zero-order valence-electron chi connectivity index (χ0n) is 16.3. The van der Waals surface area contributed by atoms with Gasteiger partial charge in [0.05, 0.1) is 12.6 Å². The molecule has 0 bridgehead atoms. The molecule has 1 aliphatic heterocycles. The van der Waals surface area contributed by atoms with Crippen LogP contribution in [0.1, 0.15) is 35.6 Å². The molecule has 2 amide bonds. The average Bonchev–Trinajstić information content (AvgIpc) is 2.68. The third-order valence-corrected chi connectivity index (χ3v) is 5.79. The summed E-state index contributed by atoms with van der Waals surface area (Å²) >= 11 is 0. The lowest BCUT2D eigenvalue weighted by molar-refractivity contribution is -0.127. The third kappa shape index (κ3) is 4.59. The van der Waals surface area contributed by atoms with Gasteiger partial charge < -0.3 is 15.5 Å². The number of nitrogens with zero attached hydrogens (tertiary/aromatic N) is 1. The highest BCUT2D eigenvalue weighted by atomic mass is 19.4. The van der Waals surface area contributed by atoms with Gasteiger partial charge in [-0.1, -0.05) is 36.4 Å². The zero-order valence-corrected chi connectivity index (χ0v) is 16.3. The van der Waals surface area contributed by atoms with E-state index in [0.29, 0.717) is 25.8 Å². The molecule has 0 spiro atoms. The molecule has 2 N–H and O–H groups in total. The molecule has 0 radical (unpaired) electrons. The van der Waals surface area contributed by atoms with Crippen molar-refractivity contribution in [3.05, 3.63) is 71.0 Å². The molecule has 2 aromatic rings. The Hall–Kier alpha value is -2.61. The lowest BCUT2D eigenvalue weighted by atomic mass is 9.86. The standard InChI is InChI=1S/C22H23F4N3O/c23-16-7-5-15(6-8-16)20-19-4-2-1-3-14(19)9-10-29(20)21(30)28-18-11-17(12-18)27-13-22(24,25)26/h1-8,17-18,20,27H,9-13H2,(H,28,30)/t17?,18?,20-/m0/s1. The van der Waals surface area contributed by atoms with Gasteiger partial charge in [0.2, 0.25) is 0 Å². The number of rotatable bonds is 4. The Kier molecular flexibility index (Phi) is 5.69. The molecular weight excluding hydrogens is 398 g/mol. The number of carbonyl (C=O) groups is 1. The van der Waals surface area contributed by atoms with Crippen molar-refractivity contribution in [1.82, 2.24) is 15.5 Å². The minimum atomic E-state index is -4.24. The van der Waals surface area contributed by atoms with E-state index in [2.05, 4.69) is 10.6 Å². The van der Waals surface area contributed by atoms with Crippen LogP contribution in [-0.4, -0.2) is 42.3 Å². The van der Waals surface area contributed by atoms with E-state index in [0.717, 1.165) is 16.7 Å².